The molecule has 73 heavy (non-hydrogen) atoms. The minimum atomic E-state index is -3.60. The lowest BCUT2D eigenvalue weighted by molar-refractivity contribution is 0.123. The molecule has 4 aromatic rings. The van der Waals surface area contributed by atoms with Crippen LogP contribution in [0.4, 0.5) is 25.4 Å². The van der Waals surface area contributed by atoms with Gasteiger partial charge in [-0.15, -0.1) is 0 Å². The molecular weight excluding hydrogens is 1040 g/mol. The lowest BCUT2D eigenvalue weighted by atomic mass is 9.87. The molecule has 4 heterocycles. The van der Waals surface area contributed by atoms with E-state index in [9.17, 15) is 30.8 Å². The van der Waals surface area contributed by atoms with E-state index in [0.717, 1.165) is 108 Å². The number of nitrogens with one attached hydrogen (secondary N) is 3. The zero-order valence-corrected chi connectivity index (χ0v) is 45.7. The number of aryl methyl sites for hydroxylation is 1. The predicted molar refractivity (Wildman–Crippen MR) is 285 cm³/mol. The number of sulfonamides is 1. The summed E-state index contributed by atoms with van der Waals surface area (Å²) in [7, 11) is -1.30. The Hall–Kier alpha value is -4.35. The molecule has 2 fully saturated rings. The van der Waals surface area contributed by atoms with Crippen LogP contribution in [0.25, 0.3) is 0 Å². The lowest BCUT2D eigenvalue weighted by Crippen LogP contribution is -2.50. The van der Waals surface area contributed by atoms with E-state index < -0.39 is 25.7 Å². The molecule has 2 saturated heterocycles. The van der Waals surface area contributed by atoms with Gasteiger partial charge in [-0.1, -0.05) is 40.9 Å². The fourth-order valence-electron chi connectivity index (χ4n) is 9.52. The topological polar surface area (TPSA) is 180 Å². The SMILES string of the molecule is CN1CCN(CCCN(C(=O)Nc2ccc(F)c(Cl)c2)C2CCc3ccc(S(C)(=O)=O)cc3C2)CC1.CNS(=O)(=O)c1ccc2c(c1)CC(N(CCCN1CCN(C)CC1)C(=O)Nc1cc(Cl)nc(Cl)c1)CO2. The van der Waals surface area contributed by atoms with E-state index in [-0.39, 0.29) is 44.4 Å². The average molecular weight is 1110 g/mol. The Labute approximate surface area is 444 Å². The number of amides is 4. The smallest absolute Gasteiger partial charge is 0.322 e. The van der Waals surface area contributed by atoms with Crippen LogP contribution in [0.2, 0.25) is 15.3 Å². The van der Waals surface area contributed by atoms with Crippen LogP contribution in [0.3, 0.4) is 0 Å². The van der Waals surface area contributed by atoms with E-state index in [0.29, 0.717) is 54.6 Å². The fourth-order valence-corrected chi connectivity index (χ4v) is 11.6. The number of benzene rings is 3. The van der Waals surface area contributed by atoms with E-state index in [2.05, 4.69) is 54.0 Å². The molecule has 4 aliphatic rings. The number of sulfone groups is 1. The first-order valence-corrected chi connectivity index (χ1v) is 29.0. The molecule has 1 aliphatic carbocycles. The van der Waals surface area contributed by atoms with Crippen LogP contribution < -0.4 is 20.1 Å². The van der Waals surface area contributed by atoms with Crippen molar-refractivity contribution in [1.82, 2.24) is 39.1 Å². The zero-order chi connectivity index (χ0) is 52.5. The highest BCUT2D eigenvalue weighted by atomic mass is 35.5. The molecule has 23 heteroatoms. The Kier molecular flexibility index (Phi) is 19.7. The van der Waals surface area contributed by atoms with Crippen LogP contribution >= 0.6 is 34.8 Å². The quantitative estimate of drug-likeness (QED) is 0.108. The maximum Gasteiger partial charge on any atom is 0.322 e. The number of piperazine rings is 2. The molecule has 3 aliphatic heterocycles. The molecular formula is C50H66Cl3FN10O7S2. The van der Waals surface area contributed by atoms with Crippen molar-refractivity contribution in [2.75, 3.05) is 123 Å². The van der Waals surface area contributed by atoms with Crippen molar-refractivity contribution in [3.05, 3.63) is 105 Å². The number of hydrogen-bond donors (Lipinski definition) is 3. The van der Waals surface area contributed by atoms with E-state index in [1.807, 2.05) is 11.0 Å². The summed E-state index contributed by atoms with van der Waals surface area (Å²) in [6, 6.07) is 16.4. The minimum absolute atomic E-state index is 0.0469. The molecule has 2 unspecified atom stereocenters. The summed E-state index contributed by atoms with van der Waals surface area (Å²) in [5.41, 5.74) is 3.71. The molecule has 0 spiro atoms. The number of likely N-dealkylation sites (N-methyl/N-ethyl adjacent to an activating group) is 2. The van der Waals surface area contributed by atoms with Gasteiger partial charge in [0.05, 0.1) is 20.9 Å². The lowest BCUT2D eigenvalue weighted by Gasteiger charge is -2.37. The third-order valence-corrected chi connectivity index (χ3v) is 17.0. The van der Waals surface area contributed by atoms with Crippen molar-refractivity contribution in [3.63, 3.8) is 0 Å². The number of carbonyl (C=O) groups excluding carboxylic acids is 2. The second-order valence-corrected chi connectivity index (χ2v) is 24.2. The predicted octanol–water partition coefficient (Wildman–Crippen LogP) is 6.68. The van der Waals surface area contributed by atoms with Gasteiger partial charge in [-0.2, -0.15) is 0 Å². The molecule has 1 aromatic heterocycles. The van der Waals surface area contributed by atoms with Crippen molar-refractivity contribution < 1.29 is 35.6 Å². The van der Waals surface area contributed by atoms with Gasteiger partial charge in [-0.25, -0.2) is 40.5 Å². The monoisotopic (exact) mass is 1110 g/mol. The summed E-state index contributed by atoms with van der Waals surface area (Å²) in [5.74, 6) is 0.0843. The Morgan fingerprint density at radius 3 is 1.82 bits per heavy atom. The van der Waals surface area contributed by atoms with Crippen LogP contribution in [0, 0.1) is 5.82 Å². The first-order valence-electron chi connectivity index (χ1n) is 24.5. The van der Waals surface area contributed by atoms with E-state index in [4.69, 9.17) is 39.5 Å². The zero-order valence-electron chi connectivity index (χ0n) is 41.8. The molecule has 398 valence electrons. The van der Waals surface area contributed by atoms with Crippen molar-refractivity contribution in [1.29, 1.82) is 0 Å². The normalized spacial score (nSPS) is 18.8. The number of anilines is 2. The third-order valence-electron chi connectivity index (χ3n) is 13.8. The molecule has 0 saturated carbocycles. The first kappa shape index (κ1) is 56.4. The van der Waals surface area contributed by atoms with Crippen molar-refractivity contribution >= 4 is 78.1 Å². The van der Waals surface area contributed by atoms with Crippen molar-refractivity contribution in [2.45, 2.75) is 60.4 Å². The highest BCUT2D eigenvalue weighted by Gasteiger charge is 2.32. The summed E-state index contributed by atoms with van der Waals surface area (Å²) in [6.45, 7) is 11.3. The van der Waals surface area contributed by atoms with E-state index in [1.165, 1.54) is 49.7 Å². The molecule has 17 nitrogen and oxygen atoms in total. The van der Waals surface area contributed by atoms with Gasteiger partial charge in [-0.3, -0.25) is 0 Å². The second kappa shape index (κ2) is 25.5. The van der Waals surface area contributed by atoms with Gasteiger partial charge in [0.15, 0.2) is 9.84 Å². The molecule has 3 aromatic carbocycles. The Morgan fingerprint density at radius 1 is 0.699 bits per heavy atom. The largest absolute Gasteiger partial charge is 0.491 e. The molecule has 2 atom stereocenters. The van der Waals surface area contributed by atoms with Crippen molar-refractivity contribution in [3.8, 4) is 5.75 Å². The third kappa shape index (κ3) is 15.8. The van der Waals surface area contributed by atoms with Gasteiger partial charge >= 0.3 is 12.1 Å². The number of pyridine rings is 1. The number of rotatable bonds is 15. The van der Waals surface area contributed by atoms with Gasteiger partial charge in [0, 0.05) is 89.1 Å². The number of halogens is 4. The van der Waals surface area contributed by atoms with Crippen LogP contribution in [0.5, 0.6) is 5.75 Å². The highest BCUT2D eigenvalue weighted by Crippen LogP contribution is 2.31. The maximum atomic E-state index is 13.6. The number of fused-ring (bicyclic) bond motifs is 2. The molecule has 8 rings (SSSR count). The second-order valence-electron chi connectivity index (χ2n) is 19.1. The number of nitrogens with zero attached hydrogens (tertiary/aromatic N) is 7. The van der Waals surface area contributed by atoms with E-state index in [1.54, 1.807) is 29.2 Å². The fraction of sp³-hybridized carbons (Fsp3) is 0.500. The van der Waals surface area contributed by atoms with Gasteiger partial charge in [-0.05, 0) is 150 Å². The Balaban J connectivity index is 0.000000214. The number of ether oxygens (including phenoxy) is 1. The van der Waals surface area contributed by atoms with Crippen LogP contribution in [0.15, 0.2) is 76.5 Å². The van der Waals surface area contributed by atoms with Crippen LogP contribution in [0.1, 0.15) is 36.0 Å². The Bertz CT molecular complexity index is 2780. The molecule has 4 amide bonds. The first-order chi connectivity index (χ1) is 34.7. The van der Waals surface area contributed by atoms with Gasteiger partial charge in [0.25, 0.3) is 0 Å². The average Bonchev–Trinajstić information content (AvgIpc) is 3.35. The van der Waals surface area contributed by atoms with Gasteiger partial charge < -0.3 is 44.8 Å². The molecule has 0 radical (unpaired) electrons. The minimum Gasteiger partial charge on any atom is -0.491 e. The van der Waals surface area contributed by atoms with Crippen molar-refractivity contribution in [2.24, 2.45) is 0 Å². The summed E-state index contributed by atoms with van der Waals surface area (Å²) in [4.78, 5) is 44.3. The Morgan fingerprint density at radius 2 is 1.25 bits per heavy atom. The molecule has 0 bridgehead atoms. The summed E-state index contributed by atoms with van der Waals surface area (Å²) in [5, 5.41) is 6.07. The number of urea groups is 2. The highest BCUT2D eigenvalue weighted by molar-refractivity contribution is 7.90. The number of carbonyl (C=O) groups is 2. The standard InChI is InChI=1S/C26H34ClFN4O3S.C24H32Cl2N6O4S/c1-30-12-14-31(15-13-30)10-3-11-32(26(33)29-21-6-9-25(28)24(27)18-21)22-7-4-19-5-8-23(36(2,34)35)17-20(19)16-22;1-27-37(34,35)20-4-5-21-17(13-20)12-19(16-36-21)32(7-3-6-31-10-8-30(2)9-11-31)24(33)28-18-14-22(25)29-23(26)15-18/h5-6,8-9,17-18,22H,3-4,7,10-16H2,1-2H3,(H,29,33);4-5,13-15,19,27H,3,6-12,16H2,1-2H3,(H,28,29,33). The summed E-state index contributed by atoms with van der Waals surface area (Å²) < 4.78 is 70.7. The van der Waals surface area contributed by atoms with Crippen LogP contribution in [-0.4, -0.2) is 188 Å². The van der Waals surface area contributed by atoms with Gasteiger partial charge in [0.1, 0.15) is 28.5 Å². The van der Waals surface area contributed by atoms with E-state index >= 15 is 0 Å². The summed E-state index contributed by atoms with van der Waals surface area (Å²) in [6.07, 6.45) is 5.43. The maximum absolute atomic E-state index is 13.6. The van der Waals surface area contributed by atoms with Crippen LogP contribution in [-0.2, 0) is 39.1 Å². The number of hydrogen-bond acceptors (Lipinski definition) is 12. The summed E-state index contributed by atoms with van der Waals surface area (Å²) >= 11 is 18.0. The number of aromatic nitrogens is 1. The van der Waals surface area contributed by atoms with Gasteiger partial charge in [0.2, 0.25) is 10.0 Å². The molecule has 3 N–H and O–H groups in total.